The molecule has 1 aromatic heterocycles. The minimum Gasteiger partial charge on any atom is -0.338 e. The number of nitrogens with zero attached hydrogens (tertiary/aromatic N) is 1. The summed E-state index contributed by atoms with van der Waals surface area (Å²) in [5.41, 5.74) is 1.70. The van der Waals surface area contributed by atoms with Gasteiger partial charge in [-0.3, -0.25) is 9.59 Å². The molecule has 116 valence electrons. The first kappa shape index (κ1) is 15.0. The van der Waals surface area contributed by atoms with Gasteiger partial charge < -0.3 is 9.88 Å². The lowest BCUT2D eigenvalue weighted by Gasteiger charge is -2.12. The number of rotatable bonds is 3. The molecule has 0 aliphatic carbocycles. The van der Waals surface area contributed by atoms with Crippen molar-refractivity contribution in [2.24, 2.45) is 0 Å². The number of benzene rings is 2. The van der Waals surface area contributed by atoms with Gasteiger partial charge in [0.2, 0.25) is 5.91 Å². The second kappa shape index (κ2) is 6.04. The number of aromatic nitrogens is 1. The van der Waals surface area contributed by atoms with Gasteiger partial charge in [0.25, 0.3) is 0 Å². The number of nitrogens with one attached hydrogen (secondary N) is 1. The van der Waals surface area contributed by atoms with Crippen molar-refractivity contribution < 1.29 is 9.18 Å². The quantitative estimate of drug-likeness (QED) is 0.808. The number of hydrogen-bond acceptors (Lipinski definition) is 2. The Bertz CT molecular complexity index is 947. The summed E-state index contributed by atoms with van der Waals surface area (Å²) >= 11 is 0. The minimum atomic E-state index is -0.485. The van der Waals surface area contributed by atoms with Crippen LogP contribution in [-0.4, -0.2) is 10.5 Å². The Balaban J connectivity index is 1.90. The first-order valence-corrected chi connectivity index (χ1v) is 7.19. The van der Waals surface area contributed by atoms with E-state index in [2.05, 4.69) is 5.32 Å². The molecule has 0 spiro atoms. The molecule has 3 rings (SSSR count). The highest BCUT2D eigenvalue weighted by atomic mass is 19.1. The zero-order valence-corrected chi connectivity index (χ0v) is 12.5. The lowest BCUT2D eigenvalue weighted by molar-refractivity contribution is -0.116. The topological polar surface area (TPSA) is 51.1 Å². The van der Waals surface area contributed by atoms with Crippen LogP contribution >= 0.6 is 0 Å². The first-order valence-electron chi connectivity index (χ1n) is 7.19. The van der Waals surface area contributed by atoms with Gasteiger partial charge in [0.05, 0.1) is 11.2 Å². The SMILES string of the molecule is Cc1ccc2c(c1)c(=O)ccn2CC(=O)Nc1ccccc1F. The molecule has 0 saturated heterocycles. The summed E-state index contributed by atoms with van der Waals surface area (Å²) in [6, 6.07) is 12.9. The number of aryl methyl sites for hydroxylation is 1. The van der Waals surface area contributed by atoms with Gasteiger partial charge >= 0.3 is 0 Å². The van der Waals surface area contributed by atoms with Crippen LogP contribution in [0.15, 0.2) is 59.5 Å². The van der Waals surface area contributed by atoms with Crippen molar-refractivity contribution in [1.29, 1.82) is 0 Å². The molecule has 0 fully saturated rings. The predicted octanol–water partition coefficient (Wildman–Crippen LogP) is 3.09. The van der Waals surface area contributed by atoms with Crippen molar-refractivity contribution in [2.75, 3.05) is 5.32 Å². The second-order valence-corrected chi connectivity index (χ2v) is 5.36. The maximum atomic E-state index is 13.6. The molecule has 4 nitrogen and oxygen atoms in total. The van der Waals surface area contributed by atoms with E-state index in [1.165, 1.54) is 18.2 Å². The van der Waals surface area contributed by atoms with Crippen molar-refractivity contribution in [1.82, 2.24) is 4.57 Å². The van der Waals surface area contributed by atoms with Crippen LogP contribution in [-0.2, 0) is 11.3 Å². The fourth-order valence-electron chi connectivity index (χ4n) is 2.47. The Labute approximate surface area is 132 Å². The van der Waals surface area contributed by atoms with Crippen LogP contribution in [0, 0.1) is 12.7 Å². The molecule has 1 N–H and O–H groups in total. The number of halogens is 1. The van der Waals surface area contributed by atoms with E-state index in [-0.39, 0.29) is 23.6 Å². The highest BCUT2D eigenvalue weighted by molar-refractivity contribution is 5.91. The first-order chi connectivity index (χ1) is 11.0. The van der Waals surface area contributed by atoms with Gasteiger partial charge in [-0.25, -0.2) is 4.39 Å². The summed E-state index contributed by atoms with van der Waals surface area (Å²) < 4.78 is 15.2. The highest BCUT2D eigenvalue weighted by Crippen LogP contribution is 2.14. The number of carbonyl (C=O) groups is 1. The molecule has 3 aromatic rings. The van der Waals surface area contributed by atoms with Crippen LogP contribution in [0.2, 0.25) is 0 Å². The van der Waals surface area contributed by atoms with Gasteiger partial charge in [-0.2, -0.15) is 0 Å². The maximum Gasteiger partial charge on any atom is 0.244 e. The van der Waals surface area contributed by atoms with Crippen molar-refractivity contribution in [3.63, 3.8) is 0 Å². The molecule has 0 aliphatic rings. The second-order valence-electron chi connectivity index (χ2n) is 5.36. The third kappa shape index (κ3) is 3.13. The van der Waals surface area contributed by atoms with Crippen LogP contribution in [0.3, 0.4) is 0 Å². The van der Waals surface area contributed by atoms with E-state index < -0.39 is 5.82 Å². The lowest BCUT2D eigenvalue weighted by Crippen LogP contribution is -2.20. The number of carbonyl (C=O) groups excluding carboxylic acids is 1. The molecular formula is C18H15FN2O2. The molecule has 0 radical (unpaired) electrons. The van der Waals surface area contributed by atoms with Crippen LogP contribution < -0.4 is 10.7 Å². The van der Waals surface area contributed by atoms with E-state index in [1.54, 1.807) is 29.0 Å². The average Bonchev–Trinajstić information content (AvgIpc) is 2.52. The fraction of sp³-hybridized carbons (Fsp3) is 0.111. The van der Waals surface area contributed by atoms with Crippen LogP contribution in [0.1, 0.15) is 5.56 Å². The highest BCUT2D eigenvalue weighted by Gasteiger charge is 2.09. The zero-order chi connectivity index (χ0) is 16.4. The van der Waals surface area contributed by atoms with Gasteiger partial charge in [0, 0.05) is 17.6 Å². The summed E-state index contributed by atoms with van der Waals surface area (Å²) in [6.45, 7) is 1.90. The minimum absolute atomic E-state index is 0.00578. The number of para-hydroxylation sites is 1. The third-order valence-corrected chi connectivity index (χ3v) is 3.59. The Morgan fingerprint density at radius 2 is 1.96 bits per heavy atom. The Kier molecular flexibility index (Phi) is 3.93. The normalized spacial score (nSPS) is 10.7. The smallest absolute Gasteiger partial charge is 0.244 e. The summed E-state index contributed by atoms with van der Waals surface area (Å²) in [4.78, 5) is 24.1. The Hall–Kier alpha value is -2.95. The van der Waals surface area contributed by atoms with Crippen LogP contribution in [0.25, 0.3) is 10.9 Å². The predicted molar refractivity (Wildman–Crippen MR) is 88.0 cm³/mol. The van der Waals surface area contributed by atoms with Crippen LogP contribution in [0.4, 0.5) is 10.1 Å². The lowest BCUT2D eigenvalue weighted by atomic mass is 10.1. The number of anilines is 1. The number of amides is 1. The molecule has 1 heterocycles. The van der Waals surface area contributed by atoms with Gasteiger partial charge in [-0.15, -0.1) is 0 Å². The molecule has 0 bridgehead atoms. The summed E-state index contributed by atoms with van der Waals surface area (Å²) in [5.74, 6) is -0.845. The van der Waals surface area contributed by atoms with Gasteiger partial charge in [0.1, 0.15) is 12.4 Å². The fourth-order valence-corrected chi connectivity index (χ4v) is 2.47. The van der Waals surface area contributed by atoms with E-state index in [9.17, 15) is 14.0 Å². The molecule has 0 saturated carbocycles. The number of fused-ring (bicyclic) bond motifs is 1. The van der Waals surface area contributed by atoms with E-state index >= 15 is 0 Å². The number of pyridine rings is 1. The van der Waals surface area contributed by atoms with Crippen molar-refractivity contribution in [3.05, 3.63) is 76.3 Å². The Morgan fingerprint density at radius 3 is 2.74 bits per heavy atom. The Morgan fingerprint density at radius 1 is 1.17 bits per heavy atom. The number of hydrogen-bond donors (Lipinski definition) is 1. The maximum absolute atomic E-state index is 13.6. The van der Waals surface area contributed by atoms with E-state index in [0.29, 0.717) is 10.9 Å². The van der Waals surface area contributed by atoms with Crippen LogP contribution in [0.5, 0.6) is 0 Å². The molecular weight excluding hydrogens is 295 g/mol. The van der Waals surface area contributed by atoms with Gasteiger partial charge in [0.15, 0.2) is 5.43 Å². The summed E-state index contributed by atoms with van der Waals surface area (Å²) in [7, 11) is 0. The summed E-state index contributed by atoms with van der Waals surface area (Å²) in [5, 5.41) is 3.10. The van der Waals surface area contributed by atoms with Crippen molar-refractivity contribution in [3.8, 4) is 0 Å². The van der Waals surface area contributed by atoms with Crippen molar-refractivity contribution in [2.45, 2.75) is 13.5 Å². The average molecular weight is 310 g/mol. The molecule has 0 atom stereocenters. The zero-order valence-electron chi connectivity index (χ0n) is 12.5. The molecule has 5 heteroatoms. The molecule has 0 aliphatic heterocycles. The van der Waals surface area contributed by atoms with E-state index in [0.717, 1.165) is 5.56 Å². The molecule has 0 unspecified atom stereocenters. The monoisotopic (exact) mass is 310 g/mol. The van der Waals surface area contributed by atoms with Crippen molar-refractivity contribution >= 4 is 22.5 Å². The molecule has 2 aromatic carbocycles. The van der Waals surface area contributed by atoms with E-state index in [1.807, 2.05) is 19.1 Å². The summed E-state index contributed by atoms with van der Waals surface area (Å²) in [6.07, 6.45) is 1.57. The molecule has 1 amide bonds. The van der Waals surface area contributed by atoms with E-state index in [4.69, 9.17) is 0 Å². The standard InChI is InChI=1S/C18H15FN2O2/c1-12-6-7-16-13(10-12)17(22)8-9-21(16)11-18(23)20-15-5-3-2-4-14(15)19/h2-10H,11H2,1H3,(H,20,23). The molecule has 23 heavy (non-hydrogen) atoms. The van der Waals surface area contributed by atoms with Gasteiger partial charge in [-0.05, 0) is 31.2 Å². The largest absolute Gasteiger partial charge is 0.338 e. The third-order valence-electron chi connectivity index (χ3n) is 3.59. The van der Waals surface area contributed by atoms with Gasteiger partial charge in [-0.1, -0.05) is 23.8 Å².